The number of pyridine rings is 1. The lowest BCUT2D eigenvalue weighted by molar-refractivity contribution is 0.112. The van der Waals surface area contributed by atoms with E-state index in [0.29, 0.717) is 6.29 Å². The molecule has 0 radical (unpaired) electrons. The van der Waals surface area contributed by atoms with Crippen LogP contribution in [0.15, 0.2) is 46.7 Å². The molecule has 0 aromatic carbocycles. The van der Waals surface area contributed by atoms with Gasteiger partial charge in [-0.25, -0.2) is 8.42 Å². The summed E-state index contributed by atoms with van der Waals surface area (Å²) in [6.07, 6.45) is 4.63. The van der Waals surface area contributed by atoms with E-state index in [4.69, 9.17) is 0 Å². The minimum Gasteiger partial charge on any atom is -0.352 e. The molecule has 6 heteroatoms. The third kappa shape index (κ3) is 1.63. The molecule has 0 bridgehead atoms. The molecule has 2 heterocycles. The Morgan fingerprint density at radius 3 is 2.75 bits per heavy atom. The lowest BCUT2D eigenvalue weighted by atomic mass is 10.4. The van der Waals surface area contributed by atoms with E-state index in [-0.39, 0.29) is 15.5 Å². The highest BCUT2D eigenvalue weighted by molar-refractivity contribution is 7.91. The van der Waals surface area contributed by atoms with Gasteiger partial charge in [0.15, 0.2) is 6.29 Å². The minimum atomic E-state index is -3.69. The Morgan fingerprint density at radius 2 is 2.12 bits per heavy atom. The maximum atomic E-state index is 12.0. The van der Waals surface area contributed by atoms with Crippen LogP contribution in [-0.2, 0) is 9.84 Å². The molecule has 0 aliphatic rings. The highest BCUT2D eigenvalue weighted by Crippen LogP contribution is 2.20. The summed E-state index contributed by atoms with van der Waals surface area (Å²) in [6.45, 7) is 0. The zero-order chi connectivity index (χ0) is 11.6. The molecule has 0 spiro atoms. The van der Waals surface area contributed by atoms with Gasteiger partial charge in [-0.1, -0.05) is 0 Å². The number of sulfone groups is 1. The second kappa shape index (κ2) is 3.90. The van der Waals surface area contributed by atoms with Gasteiger partial charge < -0.3 is 4.98 Å². The molecule has 0 atom stereocenters. The predicted molar refractivity (Wildman–Crippen MR) is 55.9 cm³/mol. The van der Waals surface area contributed by atoms with Crippen molar-refractivity contribution < 1.29 is 13.2 Å². The Balaban J connectivity index is 2.61. The largest absolute Gasteiger partial charge is 0.352 e. The molecular weight excluding hydrogens is 228 g/mol. The fraction of sp³-hybridized carbons (Fsp3) is 0. The zero-order valence-corrected chi connectivity index (χ0v) is 8.94. The van der Waals surface area contributed by atoms with Crippen molar-refractivity contribution in [2.24, 2.45) is 0 Å². The van der Waals surface area contributed by atoms with Gasteiger partial charge in [-0.05, 0) is 18.2 Å². The monoisotopic (exact) mass is 236 g/mol. The average Bonchev–Trinajstić information content (AvgIpc) is 2.79. The number of carbonyl (C=O) groups excluding carboxylic acids is 1. The number of aldehydes is 1. The van der Waals surface area contributed by atoms with Crippen LogP contribution in [0.5, 0.6) is 0 Å². The summed E-state index contributed by atoms with van der Waals surface area (Å²) >= 11 is 0. The molecule has 0 saturated heterocycles. The SMILES string of the molecule is O=Cc1cc[nH]c1S(=O)(=O)c1cccnc1. The molecule has 82 valence electrons. The van der Waals surface area contributed by atoms with E-state index < -0.39 is 9.84 Å². The minimum absolute atomic E-state index is 0.0561. The Hall–Kier alpha value is -1.95. The van der Waals surface area contributed by atoms with Crippen LogP contribution in [0, 0.1) is 0 Å². The molecule has 0 aliphatic heterocycles. The summed E-state index contributed by atoms with van der Waals surface area (Å²) in [6, 6.07) is 4.37. The predicted octanol–water partition coefficient (Wildman–Crippen LogP) is 1.05. The normalized spacial score (nSPS) is 11.2. The summed E-state index contributed by atoms with van der Waals surface area (Å²) in [5.41, 5.74) is 0.115. The summed E-state index contributed by atoms with van der Waals surface area (Å²) in [4.78, 5) is 17.0. The van der Waals surface area contributed by atoms with Crippen LogP contribution in [-0.4, -0.2) is 24.7 Å². The number of hydrogen-bond donors (Lipinski definition) is 1. The lowest BCUT2D eigenvalue weighted by Gasteiger charge is -2.01. The molecule has 2 aromatic heterocycles. The van der Waals surface area contributed by atoms with Crippen LogP contribution < -0.4 is 0 Å². The standard InChI is InChI=1S/C10H8N2O3S/c13-7-8-3-5-12-10(8)16(14,15)9-2-1-4-11-6-9/h1-7,12H. The van der Waals surface area contributed by atoms with Gasteiger partial charge >= 0.3 is 0 Å². The quantitative estimate of drug-likeness (QED) is 0.808. The van der Waals surface area contributed by atoms with E-state index in [2.05, 4.69) is 9.97 Å². The molecule has 0 aliphatic carbocycles. The van der Waals surface area contributed by atoms with Crippen molar-refractivity contribution in [3.8, 4) is 0 Å². The first-order chi connectivity index (χ1) is 7.66. The molecule has 16 heavy (non-hydrogen) atoms. The first-order valence-electron chi connectivity index (χ1n) is 4.44. The Morgan fingerprint density at radius 1 is 1.31 bits per heavy atom. The van der Waals surface area contributed by atoms with Crippen LogP contribution >= 0.6 is 0 Å². The Kier molecular flexibility index (Phi) is 2.57. The number of carbonyl (C=O) groups is 1. The van der Waals surface area contributed by atoms with E-state index in [1.54, 1.807) is 0 Å². The first kappa shape index (κ1) is 10.6. The van der Waals surface area contributed by atoms with Gasteiger partial charge in [-0.15, -0.1) is 0 Å². The number of rotatable bonds is 3. The highest BCUT2D eigenvalue weighted by atomic mass is 32.2. The smallest absolute Gasteiger partial charge is 0.224 e. The summed E-state index contributed by atoms with van der Waals surface area (Å²) in [5.74, 6) is 0. The van der Waals surface area contributed by atoms with E-state index >= 15 is 0 Å². The van der Waals surface area contributed by atoms with Gasteiger partial charge in [-0.3, -0.25) is 9.78 Å². The van der Waals surface area contributed by atoms with Crippen LogP contribution in [0.3, 0.4) is 0 Å². The highest BCUT2D eigenvalue weighted by Gasteiger charge is 2.22. The van der Waals surface area contributed by atoms with Crippen molar-refractivity contribution in [2.45, 2.75) is 9.92 Å². The number of nitrogens with zero attached hydrogens (tertiary/aromatic N) is 1. The zero-order valence-electron chi connectivity index (χ0n) is 8.12. The van der Waals surface area contributed by atoms with Gasteiger partial charge in [0.1, 0.15) is 5.03 Å². The average molecular weight is 236 g/mol. The number of hydrogen-bond acceptors (Lipinski definition) is 4. The summed E-state index contributed by atoms with van der Waals surface area (Å²) < 4.78 is 24.1. The lowest BCUT2D eigenvalue weighted by Crippen LogP contribution is -2.05. The molecule has 0 unspecified atom stereocenters. The van der Waals surface area contributed by atoms with E-state index in [0.717, 1.165) is 0 Å². The van der Waals surface area contributed by atoms with Crippen molar-refractivity contribution >= 4 is 16.1 Å². The summed E-state index contributed by atoms with van der Waals surface area (Å²) in [5, 5.41) is -0.101. The second-order valence-electron chi connectivity index (χ2n) is 3.07. The number of nitrogens with one attached hydrogen (secondary N) is 1. The van der Waals surface area contributed by atoms with Gasteiger partial charge in [0.2, 0.25) is 9.84 Å². The van der Waals surface area contributed by atoms with Crippen molar-refractivity contribution in [3.05, 3.63) is 42.4 Å². The van der Waals surface area contributed by atoms with Crippen LogP contribution in [0.25, 0.3) is 0 Å². The van der Waals surface area contributed by atoms with Crippen molar-refractivity contribution in [1.29, 1.82) is 0 Å². The molecule has 1 N–H and O–H groups in total. The topological polar surface area (TPSA) is 79.9 Å². The second-order valence-corrected chi connectivity index (χ2v) is 4.96. The van der Waals surface area contributed by atoms with Crippen LogP contribution in [0.4, 0.5) is 0 Å². The van der Waals surface area contributed by atoms with Gasteiger partial charge in [0, 0.05) is 18.6 Å². The first-order valence-corrected chi connectivity index (χ1v) is 5.92. The van der Waals surface area contributed by atoms with Crippen LogP contribution in [0.2, 0.25) is 0 Å². The molecule has 0 amide bonds. The molecule has 2 rings (SSSR count). The van der Waals surface area contributed by atoms with Gasteiger partial charge in [0.25, 0.3) is 0 Å². The molecule has 5 nitrogen and oxygen atoms in total. The number of aromatic amines is 1. The van der Waals surface area contributed by atoms with Crippen molar-refractivity contribution in [2.75, 3.05) is 0 Å². The molecular formula is C10H8N2O3S. The molecule has 2 aromatic rings. The van der Waals surface area contributed by atoms with E-state index in [9.17, 15) is 13.2 Å². The maximum Gasteiger partial charge on any atom is 0.224 e. The summed E-state index contributed by atoms with van der Waals surface area (Å²) in [7, 11) is -3.69. The van der Waals surface area contributed by atoms with Gasteiger partial charge in [-0.2, -0.15) is 0 Å². The van der Waals surface area contributed by atoms with Gasteiger partial charge in [0.05, 0.1) is 10.5 Å². The Labute approximate surface area is 92.1 Å². The van der Waals surface area contributed by atoms with Crippen LogP contribution in [0.1, 0.15) is 10.4 Å². The van der Waals surface area contributed by atoms with E-state index in [1.807, 2.05) is 0 Å². The Bertz CT molecular complexity index is 602. The van der Waals surface area contributed by atoms with Crippen molar-refractivity contribution in [1.82, 2.24) is 9.97 Å². The molecule has 0 fully saturated rings. The fourth-order valence-corrected chi connectivity index (χ4v) is 2.66. The fourth-order valence-electron chi connectivity index (χ4n) is 1.32. The van der Waals surface area contributed by atoms with Crippen molar-refractivity contribution in [3.63, 3.8) is 0 Å². The third-order valence-corrected chi connectivity index (χ3v) is 3.83. The maximum absolute atomic E-state index is 12.0. The third-order valence-electron chi connectivity index (χ3n) is 2.08. The number of aromatic nitrogens is 2. The van der Waals surface area contributed by atoms with E-state index in [1.165, 1.54) is 36.8 Å². The molecule has 0 saturated carbocycles. The number of H-pyrrole nitrogens is 1.